The van der Waals surface area contributed by atoms with E-state index in [1.54, 1.807) is 17.0 Å². The Hall–Kier alpha value is -3.22. The van der Waals surface area contributed by atoms with Gasteiger partial charge in [-0.15, -0.1) is 0 Å². The quantitative estimate of drug-likeness (QED) is 0.704. The van der Waals surface area contributed by atoms with Crippen molar-refractivity contribution in [3.05, 3.63) is 65.3 Å². The van der Waals surface area contributed by atoms with Crippen LogP contribution in [0.1, 0.15) is 35.9 Å². The van der Waals surface area contributed by atoms with E-state index in [-0.39, 0.29) is 17.9 Å². The fraction of sp³-hybridized carbons (Fsp3) is 0.286. The van der Waals surface area contributed by atoms with Gasteiger partial charge in [-0.3, -0.25) is 0 Å². The lowest BCUT2D eigenvalue weighted by molar-refractivity contribution is 0.193. The fourth-order valence-electron chi connectivity index (χ4n) is 3.43. The summed E-state index contributed by atoms with van der Waals surface area (Å²) in [5, 5.41) is 6.99. The van der Waals surface area contributed by atoms with Gasteiger partial charge in [-0.05, 0) is 68.1 Å². The molecule has 6 nitrogen and oxygen atoms in total. The molecule has 0 aliphatic carbocycles. The number of likely N-dealkylation sites (tertiary alicyclic amines) is 1. The number of anilines is 1. The molecule has 28 heavy (non-hydrogen) atoms. The molecule has 1 saturated heterocycles. The van der Waals surface area contributed by atoms with Crippen LogP contribution >= 0.6 is 0 Å². The Morgan fingerprint density at radius 2 is 2.00 bits per heavy atom. The van der Waals surface area contributed by atoms with Gasteiger partial charge < -0.3 is 14.7 Å². The molecular formula is C21H21FN4O2. The maximum Gasteiger partial charge on any atom is 0.322 e. The first-order valence-electron chi connectivity index (χ1n) is 9.26. The lowest BCUT2D eigenvalue weighted by atomic mass is 10.1. The standard InChI is InChI=1S/C21H21FN4O2/c1-13-5-3-6-17(14(13)2)23-21(27)26-12-4-7-18(26)20-24-19(25-28-20)15-8-10-16(22)11-9-15/h3,5-6,8-11,18H,4,7,12H2,1-2H3,(H,23,27)/t18-/m1/s1. The largest absolute Gasteiger partial charge is 0.337 e. The average molecular weight is 380 g/mol. The van der Waals surface area contributed by atoms with Crippen molar-refractivity contribution in [3.8, 4) is 11.4 Å². The predicted octanol–water partition coefficient (Wildman–Crippen LogP) is 4.86. The van der Waals surface area contributed by atoms with Gasteiger partial charge in [0.15, 0.2) is 0 Å². The summed E-state index contributed by atoms with van der Waals surface area (Å²) in [6.07, 6.45) is 1.62. The van der Waals surface area contributed by atoms with Crippen molar-refractivity contribution in [1.29, 1.82) is 0 Å². The minimum Gasteiger partial charge on any atom is -0.337 e. The van der Waals surface area contributed by atoms with Crippen LogP contribution < -0.4 is 5.32 Å². The molecular weight excluding hydrogens is 359 g/mol. The van der Waals surface area contributed by atoms with Crippen LogP contribution in [0.4, 0.5) is 14.9 Å². The third kappa shape index (κ3) is 3.47. The predicted molar refractivity (Wildman–Crippen MR) is 103 cm³/mol. The molecule has 2 aromatic carbocycles. The highest BCUT2D eigenvalue weighted by Crippen LogP contribution is 2.33. The summed E-state index contributed by atoms with van der Waals surface area (Å²) in [6.45, 7) is 4.62. The van der Waals surface area contributed by atoms with Gasteiger partial charge in [0.25, 0.3) is 0 Å². The van der Waals surface area contributed by atoms with Gasteiger partial charge in [-0.25, -0.2) is 9.18 Å². The van der Waals surface area contributed by atoms with Crippen molar-refractivity contribution in [2.75, 3.05) is 11.9 Å². The zero-order valence-corrected chi connectivity index (χ0v) is 15.8. The molecule has 2 heterocycles. The smallest absolute Gasteiger partial charge is 0.322 e. The molecule has 4 rings (SSSR count). The van der Waals surface area contributed by atoms with Crippen molar-refractivity contribution >= 4 is 11.7 Å². The highest BCUT2D eigenvalue weighted by atomic mass is 19.1. The van der Waals surface area contributed by atoms with Gasteiger partial charge in [0, 0.05) is 17.8 Å². The van der Waals surface area contributed by atoms with E-state index in [1.165, 1.54) is 12.1 Å². The number of amides is 2. The number of aryl methyl sites for hydroxylation is 1. The normalized spacial score (nSPS) is 16.4. The van der Waals surface area contributed by atoms with Crippen LogP contribution in [-0.4, -0.2) is 27.6 Å². The second kappa shape index (κ2) is 7.42. The molecule has 3 aromatic rings. The summed E-state index contributed by atoms with van der Waals surface area (Å²) >= 11 is 0. The van der Waals surface area contributed by atoms with E-state index in [2.05, 4.69) is 15.5 Å². The molecule has 1 atom stereocenters. The first-order valence-corrected chi connectivity index (χ1v) is 9.26. The number of carbonyl (C=O) groups is 1. The monoisotopic (exact) mass is 380 g/mol. The third-order valence-electron chi connectivity index (χ3n) is 5.19. The Kier molecular flexibility index (Phi) is 4.81. The number of nitrogens with one attached hydrogen (secondary N) is 1. The Labute approximate surface area is 162 Å². The van der Waals surface area contributed by atoms with E-state index in [9.17, 15) is 9.18 Å². The average Bonchev–Trinajstić information content (AvgIpc) is 3.35. The molecule has 0 saturated carbocycles. The van der Waals surface area contributed by atoms with Crippen molar-refractivity contribution in [3.63, 3.8) is 0 Å². The molecule has 0 radical (unpaired) electrons. The van der Waals surface area contributed by atoms with Crippen LogP contribution in [0.5, 0.6) is 0 Å². The van der Waals surface area contributed by atoms with Gasteiger partial charge >= 0.3 is 6.03 Å². The molecule has 0 unspecified atom stereocenters. The molecule has 1 aliphatic heterocycles. The summed E-state index contributed by atoms with van der Waals surface area (Å²) < 4.78 is 18.5. The number of carbonyl (C=O) groups excluding carboxylic acids is 1. The van der Waals surface area contributed by atoms with E-state index < -0.39 is 0 Å². The van der Waals surface area contributed by atoms with Crippen molar-refractivity contribution < 1.29 is 13.7 Å². The molecule has 2 amide bonds. The van der Waals surface area contributed by atoms with Crippen molar-refractivity contribution in [2.45, 2.75) is 32.7 Å². The Bertz CT molecular complexity index is 1000. The number of rotatable bonds is 3. The number of benzene rings is 2. The molecule has 7 heteroatoms. The number of hydrogen-bond donors (Lipinski definition) is 1. The van der Waals surface area contributed by atoms with Crippen LogP contribution in [0.3, 0.4) is 0 Å². The van der Waals surface area contributed by atoms with E-state index in [1.807, 2.05) is 32.0 Å². The van der Waals surface area contributed by atoms with Gasteiger partial charge in [-0.1, -0.05) is 17.3 Å². The van der Waals surface area contributed by atoms with Crippen LogP contribution in [0.15, 0.2) is 47.0 Å². The second-order valence-electron chi connectivity index (χ2n) is 6.99. The van der Waals surface area contributed by atoms with Crippen LogP contribution in [0.2, 0.25) is 0 Å². The van der Waals surface area contributed by atoms with Crippen molar-refractivity contribution in [1.82, 2.24) is 15.0 Å². The zero-order chi connectivity index (χ0) is 19.7. The van der Waals surface area contributed by atoms with Gasteiger partial charge in [0.1, 0.15) is 11.9 Å². The third-order valence-corrected chi connectivity index (χ3v) is 5.19. The SMILES string of the molecule is Cc1cccc(NC(=O)N2CCC[C@@H]2c2nc(-c3ccc(F)cc3)no2)c1C. The summed E-state index contributed by atoms with van der Waals surface area (Å²) in [4.78, 5) is 19.0. The topological polar surface area (TPSA) is 71.3 Å². The molecule has 1 aliphatic rings. The molecule has 1 N–H and O–H groups in total. The summed E-state index contributed by atoms with van der Waals surface area (Å²) in [5.41, 5.74) is 3.63. The fourth-order valence-corrected chi connectivity index (χ4v) is 3.43. The van der Waals surface area contributed by atoms with Gasteiger partial charge in [0.2, 0.25) is 11.7 Å². The van der Waals surface area contributed by atoms with Crippen LogP contribution in [0.25, 0.3) is 11.4 Å². The highest BCUT2D eigenvalue weighted by molar-refractivity contribution is 5.90. The Morgan fingerprint density at radius 3 is 2.79 bits per heavy atom. The Balaban J connectivity index is 1.53. The number of hydrogen-bond acceptors (Lipinski definition) is 4. The van der Waals surface area contributed by atoms with Crippen molar-refractivity contribution in [2.24, 2.45) is 0 Å². The first-order chi connectivity index (χ1) is 13.5. The van der Waals surface area contributed by atoms with Crippen LogP contribution in [-0.2, 0) is 0 Å². The second-order valence-corrected chi connectivity index (χ2v) is 6.99. The zero-order valence-electron chi connectivity index (χ0n) is 15.8. The Morgan fingerprint density at radius 1 is 1.21 bits per heavy atom. The lowest BCUT2D eigenvalue weighted by Crippen LogP contribution is -2.34. The van der Waals surface area contributed by atoms with Crippen LogP contribution in [0, 0.1) is 19.7 Å². The first kappa shape index (κ1) is 18.2. The molecule has 0 spiro atoms. The maximum atomic E-state index is 13.1. The summed E-state index contributed by atoms with van der Waals surface area (Å²) in [7, 11) is 0. The van der Waals surface area contributed by atoms with Gasteiger partial charge in [0.05, 0.1) is 0 Å². The molecule has 144 valence electrons. The van der Waals surface area contributed by atoms with E-state index in [0.29, 0.717) is 23.8 Å². The number of halogens is 1. The molecule has 1 aromatic heterocycles. The number of nitrogens with zero attached hydrogens (tertiary/aromatic N) is 3. The molecule has 1 fully saturated rings. The number of urea groups is 1. The molecule has 0 bridgehead atoms. The maximum absolute atomic E-state index is 13.1. The minimum atomic E-state index is -0.322. The van der Waals surface area contributed by atoms with E-state index >= 15 is 0 Å². The lowest BCUT2D eigenvalue weighted by Gasteiger charge is -2.23. The number of aromatic nitrogens is 2. The summed E-state index contributed by atoms with van der Waals surface area (Å²) in [6, 6.07) is 11.3. The van der Waals surface area contributed by atoms with E-state index in [0.717, 1.165) is 29.7 Å². The van der Waals surface area contributed by atoms with Gasteiger partial charge in [-0.2, -0.15) is 4.98 Å². The van der Waals surface area contributed by atoms with E-state index in [4.69, 9.17) is 4.52 Å². The summed E-state index contributed by atoms with van der Waals surface area (Å²) in [5.74, 6) is 0.460. The minimum absolute atomic E-state index is 0.183. The highest BCUT2D eigenvalue weighted by Gasteiger charge is 2.34.